The first-order valence-corrected chi connectivity index (χ1v) is 7.06. The van der Waals surface area contributed by atoms with Crippen LogP contribution in [-0.2, 0) is 17.8 Å². The minimum absolute atomic E-state index is 0.0766. The molecule has 7 heteroatoms. The number of likely N-dealkylation sites (N-methyl/N-ethyl adjacent to an activating group) is 1. The van der Waals surface area contributed by atoms with Crippen LogP contribution in [0.5, 0.6) is 5.75 Å². The molecule has 0 atom stereocenters. The maximum atomic E-state index is 12.3. The molecule has 1 aromatic heterocycles. The van der Waals surface area contributed by atoms with E-state index in [-0.39, 0.29) is 18.1 Å². The molecular formula is C16H18F2N2O3. The van der Waals surface area contributed by atoms with Gasteiger partial charge in [-0.25, -0.2) is 0 Å². The standard InChI is InChI=1S/C16H18F2N2O3/c1-10-14(11(2)23-19-10)8-15(21)20(3)9-12-4-6-13(7-5-12)22-16(17)18/h4-7,16H,8-9H2,1-3H3. The third-order valence-corrected chi connectivity index (χ3v) is 3.50. The number of aromatic nitrogens is 1. The molecule has 0 spiro atoms. The number of hydrogen-bond acceptors (Lipinski definition) is 4. The van der Waals surface area contributed by atoms with E-state index in [2.05, 4.69) is 9.89 Å². The van der Waals surface area contributed by atoms with Gasteiger partial charge in [0.05, 0.1) is 12.1 Å². The van der Waals surface area contributed by atoms with Gasteiger partial charge in [-0.2, -0.15) is 8.78 Å². The lowest BCUT2D eigenvalue weighted by atomic mass is 10.1. The Balaban J connectivity index is 1.95. The van der Waals surface area contributed by atoms with Gasteiger partial charge in [-0.3, -0.25) is 4.79 Å². The number of hydrogen-bond donors (Lipinski definition) is 0. The number of rotatable bonds is 6. The van der Waals surface area contributed by atoms with Gasteiger partial charge in [0.15, 0.2) is 0 Å². The number of carbonyl (C=O) groups excluding carboxylic acids is 1. The molecule has 5 nitrogen and oxygen atoms in total. The van der Waals surface area contributed by atoms with Crippen LogP contribution in [-0.4, -0.2) is 29.6 Å². The molecule has 23 heavy (non-hydrogen) atoms. The van der Waals surface area contributed by atoms with Gasteiger partial charge in [0.25, 0.3) is 0 Å². The van der Waals surface area contributed by atoms with E-state index in [1.165, 1.54) is 12.1 Å². The highest BCUT2D eigenvalue weighted by molar-refractivity contribution is 5.79. The zero-order chi connectivity index (χ0) is 17.0. The summed E-state index contributed by atoms with van der Waals surface area (Å²) in [5.74, 6) is 0.651. The van der Waals surface area contributed by atoms with E-state index in [9.17, 15) is 13.6 Å². The molecule has 124 valence electrons. The van der Waals surface area contributed by atoms with Crippen molar-refractivity contribution in [2.24, 2.45) is 0 Å². The Morgan fingerprint density at radius 2 is 1.96 bits per heavy atom. The molecule has 1 amide bonds. The molecule has 1 heterocycles. The summed E-state index contributed by atoms with van der Waals surface area (Å²) in [6.45, 7) is 1.09. The van der Waals surface area contributed by atoms with Crippen LogP contribution in [0.25, 0.3) is 0 Å². The Morgan fingerprint density at radius 1 is 1.30 bits per heavy atom. The van der Waals surface area contributed by atoms with E-state index in [1.807, 2.05) is 0 Å². The van der Waals surface area contributed by atoms with Crippen molar-refractivity contribution >= 4 is 5.91 Å². The number of alkyl halides is 2. The summed E-state index contributed by atoms with van der Waals surface area (Å²) in [5.41, 5.74) is 2.32. The van der Waals surface area contributed by atoms with E-state index in [0.29, 0.717) is 18.0 Å². The fourth-order valence-electron chi connectivity index (χ4n) is 2.18. The number of halogens is 2. The monoisotopic (exact) mass is 324 g/mol. The molecule has 2 aromatic rings. The largest absolute Gasteiger partial charge is 0.435 e. The lowest BCUT2D eigenvalue weighted by Gasteiger charge is -2.17. The summed E-state index contributed by atoms with van der Waals surface area (Å²) in [4.78, 5) is 13.8. The molecule has 0 bridgehead atoms. The average Bonchev–Trinajstić information content (AvgIpc) is 2.80. The van der Waals surface area contributed by atoms with Gasteiger partial charge >= 0.3 is 6.61 Å². The zero-order valence-corrected chi connectivity index (χ0v) is 13.2. The van der Waals surface area contributed by atoms with Crippen LogP contribution >= 0.6 is 0 Å². The molecular weight excluding hydrogens is 306 g/mol. The number of amides is 1. The third-order valence-electron chi connectivity index (χ3n) is 3.50. The SMILES string of the molecule is Cc1noc(C)c1CC(=O)N(C)Cc1ccc(OC(F)F)cc1. The maximum Gasteiger partial charge on any atom is 0.387 e. The second-order valence-electron chi connectivity index (χ2n) is 5.25. The molecule has 1 aromatic carbocycles. The van der Waals surface area contributed by atoms with Crippen molar-refractivity contribution in [3.8, 4) is 5.75 Å². The highest BCUT2D eigenvalue weighted by atomic mass is 19.3. The summed E-state index contributed by atoms with van der Waals surface area (Å²) in [7, 11) is 1.68. The second kappa shape index (κ2) is 7.21. The fourth-order valence-corrected chi connectivity index (χ4v) is 2.18. The van der Waals surface area contributed by atoms with Crippen LogP contribution in [0.1, 0.15) is 22.6 Å². The van der Waals surface area contributed by atoms with Crippen LogP contribution in [0.15, 0.2) is 28.8 Å². The molecule has 0 saturated heterocycles. The van der Waals surface area contributed by atoms with Crippen LogP contribution in [0.2, 0.25) is 0 Å². The van der Waals surface area contributed by atoms with Gasteiger partial charge in [0.1, 0.15) is 11.5 Å². The molecule has 0 N–H and O–H groups in total. The Hall–Kier alpha value is -2.44. The van der Waals surface area contributed by atoms with Crippen molar-refractivity contribution in [2.75, 3.05) is 7.05 Å². The van der Waals surface area contributed by atoms with Crippen LogP contribution in [0.3, 0.4) is 0 Å². The van der Waals surface area contributed by atoms with Gasteiger partial charge in [-0.1, -0.05) is 17.3 Å². The second-order valence-corrected chi connectivity index (χ2v) is 5.25. The van der Waals surface area contributed by atoms with Crippen molar-refractivity contribution in [1.82, 2.24) is 10.1 Å². The number of ether oxygens (including phenoxy) is 1. The predicted octanol–water partition coefficient (Wildman–Crippen LogP) is 3.09. The Labute approximate surface area is 132 Å². The highest BCUT2D eigenvalue weighted by Crippen LogP contribution is 2.17. The Bertz CT molecular complexity index is 649. The van der Waals surface area contributed by atoms with Crippen molar-refractivity contribution < 1.29 is 22.8 Å². The summed E-state index contributed by atoms with van der Waals surface area (Å²) in [6.07, 6.45) is 0.213. The van der Waals surface area contributed by atoms with Crippen LogP contribution < -0.4 is 4.74 Å². The maximum absolute atomic E-state index is 12.3. The van der Waals surface area contributed by atoms with Gasteiger partial charge in [-0.15, -0.1) is 0 Å². The minimum Gasteiger partial charge on any atom is -0.435 e. The minimum atomic E-state index is -2.85. The summed E-state index contributed by atoms with van der Waals surface area (Å²) in [6, 6.07) is 6.21. The van der Waals surface area contributed by atoms with Gasteiger partial charge < -0.3 is 14.2 Å². The summed E-state index contributed by atoms with van der Waals surface area (Å²) in [5, 5.41) is 3.82. The molecule has 0 fully saturated rings. The van der Waals surface area contributed by atoms with Gasteiger partial charge in [0.2, 0.25) is 5.91 Å². The molecule has 0 saturated carbocycles. The van der Waals surface area contributed by atoms with E-state index in [4.69, 9.17) is 4.52 Å². The number of carbonyl (C=O) groups is 1. The first-order chi connectivity index (χ1) is 10.9. The topological polar surface area (TPSA) is 55.6 Å². The average molecular weight is 324 g/mol. The summed E-state index contributed by atoms with van der Waals surface area (Å²) < 4.78 is 33.5. The van der Waals surface area contributed by atoms with E-state index >= 15 is 0 Å². The molecule has 0 radical (unpaired) electrons. The van der Waals surface area contributed by atoms with E-state index < -0.39 is 6.61 Å². The molecule has 0 unspecified atom stereocenters. The van der Waals surface area contributed by atoms with Crippen molar-refractivity contribution in [2.45, 2.75) is 33.4 Å². The molecule has 0 aliphatic heterocycles. The lowest BCUT2D eigenvalue weighted by molar-refractivity contribution is -0.129. The van der Waals surface area contributed by atoms with Gasteiger partial charge in [-0.05, 0) is 31.5 Å². The zero-order valence-electron chi connectivity index (χ0n) is 13.2. The van der Waals surface area contributed by atoms with Crippen molar-refractivity contribution in [3.05, 3.63) is 46.8 Å². The van der Waals surface area contributed by atoms with Crippen molar-refractivity contribution in [1.29, 1.82) is 0 Å². The first kappa shape index (κ1) is 16.9. The molecule has 0 aliphatic rings. The van der Waals surface area contributed by atoms with Crippen LogP contribution in [0, 0.1) is 13.8 Å². The van der Waals surface area contributed by atoms with E-state index in [1.54, 1.807) is 37.9 Å². The molecule has 2 rings (SSSR count). The quantitative estimate of drug-likeness (QED) is 0.819. The Kier molecular flexibility index (Phi) is 5.31. The third kappa shape index (κ3) is 4.51. The number of nitrogens with zero attached hydrogens (tertiary/aromatic N) is 2. The lowest BCUT2D eigenvalue weighted by Crippen LogP contribution is -2.28. The number of benzene rings is 1. The normalized spacial score (nSPS) is 10.9. The van der Waals surface area contributed by atoms with Crippen molar-refractivity contribution in [3.63, 3.8) is 0 Å². The fraction of sp³-hybridized carbons (Fsp3) is 0.375. The highest BCUT2D eigenvalue weighted by Gasteiger charge is 2.16. The van der Waals surface area contributed by atoms with Crippen LogP contribution in [0.4, 0.5) is 8.78 Å². The Morgan fingerprint density at radius 3 is 2.48 bits per heavy atom. The smallest absolute Gasteiger partial charge is 0.387 e. The first-order valence-electron chi connectivity index (χ1n) is 7.06. The predicted molar refractivity (Wildman–Crippen MR) is 79.2 cm³/mol. The molecule has 0 aliphatic carbocycles. The summed E-state index contributed by atoms with van der Waals surface area (Å²) >= 11 is 0. The van der Waals surface area contributed by atoms with Gasteiger partial charge in [0, 0.05) is 19.2 Å². The van der Waals surface area contributed by atoms with E-state index in [0.717, 1.165) is 11.1 Å². The number of aryl methyl sites for hydroxylation is 2.